The molecule has 2 N–H and O–H groups in total. The third-order valence-corrected chi connectivity index (χ3v) is 14.3. The summed E-state index contributed by atoms with van der Waals surface area (Å²) in [4.78, 5) is 45.9. The van der Waals surface area contributed by atoms with Gasteiger partial charge in [0.1, 0.15) is 60.9 Å². The van der Waals surface area contributed by atoms with Gasteiger partial charge in [-0.25, -0.2) is 0 Å². The number of benzene rings is 8. The highest BCUT2D eigenvalue weighted by atomic mass is 35.6. The summed E-state index contributed by atoms with van der Waals surface area (Å²) >= 11 is 14.4. The number of carbonyl (C=O) groups excluding carboxylic acids is 2. The number of fused-ring (bicyclic) bond motifs is 8. The summed E-state index contributed by atoms with van der Waals surface area (Å²) in [5.41, 5.74) is 6.88. The molecule has 490 valence electrons. The number of nitro groups is 2. The van der Waals surface area contributed by atoms with Crippen LogP contribution < -0.4 is 18.9 Å². The molecule has 0 unspecified atom stereocenters. The first kappa shape index (κ1) is 70.5. The van der Waals surface area contributed by atoms with Crippen molar-refractivity contribution in [2.24, 2.45) is 20.5 Å². The van der Waals surface area contributed by atoms with Crippen LogP contribution in [-0.4, -0.2) is 115 Å². The van der Waals surface area contributed by atoms with Gasteiger partial charge in [-0.15, -0.1) is 0 Å². The zero-order chi connectivity index (χ0) is 66.8. The fourth-order valence-electron chi connectivity index (χ4n) is 9.91. The van der Waals surface area contributed by atoms with E-state index in [9.17, 15) is 40.0 Å². The number of aromatic hydroxyl groups is 2. The van der Waals surface area contributed by atoms with Crippen LogP contribution in [0.2, 0.25) is 0 Å². The number of alkyl halides is 3. The van der Waals surface area contributed by atoms with Crippen molar-refractivity contribution < 1.29 is 67.5 Å². The third kappa shape index (κ3) is 21.3. The number of azo groups is 2. The normalized spacial score (nSPS) is 11.9. The van der Waals surface area contributed by atoms with Gasteiger partial charge in [-0.1, -0.05) is 95.5 Å². The molecule has 1 aliphatic carbocycles. The van der Waals surface area contributed by atoms with Gasteiger partial charge in [0.25, 0.3) is 11.4 Å². The summed E-state index contributed by atoms with van der Waals surface area (Å²) in [6, 6.07) is 43.5. The number of ketones is 2. The summed E-state index contributed by atoms with van der Waals surface area (Å²) in [6.07, 6.45) is 0.510. The molecule has 0 heterocycles. The molecule has 0 fully saturated rings. The molecule has 0 spiro atoms. The summed E-state index contributed by atoms with van der Waals surface area (Å²) in [7, 11) is 0. The van der Waals surface area contributed by atoms with Gasteiger partial charge in [0.2, 0.25) is 0 Å². The molecule has 8 aromatic carbocycles. The average molecular weight is 1340 g/mol. The maximum Gasteiger partial charge on any atom is 0.269 e. The quantitative estimate of drug-likeness (QED) is 0.0106. The Hall–Kier alpha value is -9.39. The highest BCUT2D eigenvalue weighted by molar-refractivity contribution is 6.63. The second-order valence-corrected chi connectivity index (χ2v) is 22.9. The molecular weight excluding hydrogens is 1280 g/mol. The second kappa shape index (κ2) is 36.2. The zero-order valence-corrected chi connectivity index (χ0v) is 53.6. The standard InChI is InChI=1S/C68H66N6O16.CHCl3/c1-45(75)61-13-3-5-15-63(61)87-33-29-83-25-27-85-31-35-89-67-47-9-7-10-48(67)38-52-42-58(72-70-56-19-23-60(24-20-56)74(81)82)44-54(66(52)78)40-50-12-8-11-49(68(50)90-36-32-86-28-26-84-30-34-88-64-16-6-4-14-62(64)46(2)76)39-53-43-57(41-51(37-47)65(53)77)71-69-55-17-21-59(22-18-55)73(79)80;2-1(3)4/h3-24,41-44,77-78H,25-40H2,1-2H3;1H. The molecule has 0 saturated heterocycles. The van der Waals surface area contributed by atoms with Crippen molar-refractivity contribution in [1.82, 2.24) is 0 Å². The van der Waals surface area contributed by atoms with Crippen LogP contribution in [0.3, 0.4) is 0 Å². The van der Waals surface area contributed by atoms with Crippen molar-refractivity contribution in [3.63, 3.8) is 0 Å². The molecule has 8 bridgehead atoms. The number of ether oxygens (including phenoxy) is 8. The Labute approximate surface area is 556 Å². The Morgan fingerprint density at radius 2 is 0.681 bits per heavy atom. The summed E-state index contributed by atoms with van der Waals surface area (Å²) < 4.78 is 47.5. The Balaban J connectivity index is 0.00000275. The summed E-state index contributed by atoms with van der Waals surface area (Å²) in [5, 5.41) is 65.7. The van der Waals surface area contributed by atoms with E-state index in [1.807, 2.05) is 36.4 Å². The van der Waals surface area contributed by atoms with Crippen LogP contribution in [0.1, 0.15) is 79.1 Å². The fourth-order valence-corrected chi connectivity index (χ4v) is 9.91. The number of non-ortho nitro benzene ring substituents is 2. The van der Waals surface area contributed by atoms with Gasteiger partial charge in [0.05, 0.1) is 96.6 Å². The van der Waals surface area contributed by atoms with E-state index < -0.39 is 14.1 Å². The van der Waals surface area contributed by atoms with Crippen molar-refractivity contribution >= 4 is 80.5 Å². The first-order valence-electron chi connectivity index (χ1n) is 29.7. The maximum atomic E-state index is 12.4. The van der Waals surface area contributed by atoms with Crippen molar-refractivity contribution in [2.75, 3.05) is 79.3 Å². The second-order valence-electron chi connectivity index (χ2n) is 20.9. The van der Waals surface area contributed by atoms with Gasteiger partial charge in [-0.3, -0.25) is 29.8 Å². The molecule has 0 amide bonds. The van der Waals surface area contributed by atoms with Crippen molar-refractivity contribution in [3.8, 4) is 34.5 Å². The first-order chi connectivity index (χ1) is 45.5. The minimum atomic E-state index is -0.750. The van der Waals surface area contributed by atoms with Gasteiger partial charge in [0, 0.05) is 72.2 Å². The lowest BCUT2D eigenvalue weighted by Gasteiger charge is -2.21. The smallest absolute Gasteiger partial charge is 0.269 e. The van der Waals surface area contributed by atoms with E-state index in [4.69, 9.17) is 72.7 Å². The highest BCUT2D eigenvalue weighted by Crippen LogP contribution is 2.41. The number of hydrogen-bond acceptors (Lipinski definition) is 20. The number of Topliss-reactive ketones (excluding diaryl/α,β-unsaturated/α-hetero) is 2. The topological polar surface area (TPSA) is 284 Å². The molecule has 1 aliphatic rings. The predicted molar refractivity (Wildman–Crippen MR) is 354 cm³/mol. The molecule has 0 saturated carbocycles. The lowest BCUT2D eigenvalue weighted by atomic mass is 9.91. The number of nitro benzene ring substituents is 2. The molecular formula is C69H67Cl3N6O16. The van der Waals surface area contributed by atoms with Crippen LogP contribution in [0.4, 0.5) is 34.1 Å². The molecule has 0 atom stereocenters. The molecule has 0 aliphatic heterocycles. The zero-order valence-electron chi connectivity index (χ0n) is 51.3. The van der Waals surface area contributed by atoms with Crippen molar-refractivity contribution in [2.45, 2.75) is 43.8 Å². The summed E-state index contributed by atoms with van der Waals surface area (Å²) in [5.74, 6) is 1.70. The van der Waals surface area contributed by atoms with Gasteiger partial charge >= 0.3 is 0 Å². The molecule has 8 aromatic rings. The number of phenols is 2. The first-order valence-corrected chi connectivity index (χ1v) is 31.0. The van der Waals surface area contributed by atoms with Crippen molar-refractivity contribution in [3.05, 3.63) is 234 Å². The predicted octanol–water partition coefficient (Wildman–Crippen LogP) is 15.8. The van der Waals surface area contributed by atoms with E-state index in [2.05, 4.69) is 20.5 Å². The number of carbonyl (C=O) groups is 2. The number of rotatable bonds is 30. The number of hydrogen-bond donors (Lipinski definition) is 2. The number of nitrogens with zero attached hydrogens (tertiary/aromatic N) is 6. The Morgan fingerprint density at radius 1 is 0.404 bits per heavy atom. The van der Waals surface area contributed by atoms with Crippen LogP contribution in [-0.2, 0) is 44.6 Å². The minimum absolute atomic E-state index is 0.0106. The van der Waals surface area contributed by atoms with Gasteiger partial charge in [-0.05, 0) is 109 Å². The average Bonchev–Trinajstić information content (AvgIpc) is 0.792. The lowest BCUT2D eigenvalue weighted by molar-refractivity contribution is -0.385. The molecule has 22 nitrogen and oxygen atoms in total. The number of para-hydroxylation sites is 4. The molecule has 0 aromatic heterocycles. The molecule has 9 rings (SSSR count). The van der Waals surface area contributed by atoms with Gasteiger partial charge < -0.3 is 48.1 Å². The minimum Gasteiger partial charge on any atom is -0.507 e. The SMILES string of the molecule is CC(=O)c1ccccc1OCCOCCOCCOc1c2cccc1Cc1cc(N=Nc3ccc([N+](=O)[O-])cc3)cc(c1O)Cc1cccc(c1OCCOCCOCCOc1ccccc1C(C)=O)Cc1cc(N=Nc3ccc([N+](=O)[O-])cc3)cc(c1O)C2.ClC(Cl)Cl. The highest BCUT2D eigenvalue weighted by Gasteiger charge is 2.23. The van der Waals surface area contributed by atoms with Crippen LogP contribution in [0.15, 0.2) is 178 Å². The van der Waals surface area contributed by atoms with E-state index >= 15 is 0 Å². The van der Waals surface area contributed by atoms with E-state index in [-0.39, 0.29) is 139 Å². The van der Waals surface area contributed by atoms with Gasteiger partial charge in [0.15, 0.2) is 15.9 Å². The fraction of sp³-hybridized carbons (Fsp3) is 0.275. The van der Waals surface area contributed by atoms with E-state index in [1.54, 1.807) is 72.8 Å². The summed E-state index contributed by atoms with van der Waals surface area (Å²) in [6.45, 7) is 5.51. The number of halogens is 3. The Morgan fingerprint density at radius 3 is 0.979 bits per heavy atom. The van der Waals surface area contributed by atoms with Crippen LogP contribution in [0.5, 0.6) is 34.5 Å². The Bertz CT molecular complexity index is 3610. The largest absolute Gasteiger partial charge is 0.507 e. The van der Waals surface area contributed by atoms with E-state index in [0.717, 1.165) is 0 Å². The molecule has 25 heteroatoms. The number of phenolic OH excluding ortho intramolecular Hbond substituents is 2. The van der Waals surface area contributed by atoms with Crippen LogP contribution >= 0.6 is 34.8 Å². The maximum absolute atomic E-state index is 12.4. The van der Waals surface area contributed by atoms with E-state index in [0.29, 0.717) is 101 Å². The Kier molecular flexibility index (Phi) is 27.1. The molecule has 94 heavy (non-hydrogen) atoms. The van der Waals surface area contributed by atoms with Crippen molar-refractivity contribution in [1.29, 1.82) is 0 Å². The third-order valence-electron chi connectivity index (χ3n) is 14.3. The van der Waals surface area contributed by atoms with E-state index in [1.165, 1.54) is 62.4 Å². The van der Waals surface area contributed by atoms with Gasteiger partial charge in [-0.2, -0.15) is 20.5 Å². The van der Waals surface area contributed by atoms with Crippen LogP contribution in [0, 0.1) is 20.2 Å². The lowest BCUT2D eigenvalue weighted by Crippen LogP contribution is -2.15. The van der Waals surface area contributed by atoms with Crippen LogP contribution in [0.25, 0.3) is 0 Å². The molecule has 0 radical (unpaired) electrons. The monoisotopic (exact) mass is 1340 g/mol.